The molecular formula is C16H20O3. The molecule has 0 radical (unpaired) electrons. The maximum absolute atomic E-state index is 5.72. The summed E-state index contributed by atoms with van der Waals surface area (Å²) >= 11 is 0. The molecule has 0 amide bonds. The fourth-order valence-electron chi connectivity index (χ4n) is 3.10. The number of hydrogen-bond acceptors (Lipinski definition) is 3. The number of ether oxygens (including phenoxy) is 3. The molecule has 1 aromatic rings. The minimum Gasteiger partial charge on any atom is -0.505 e. The van der Waals surface area contributed by atoms with Crippen molar-refractivity contribution in [3.05, 3.63) is 47.7 Å². The summed E-state index contributed by atoms with van der Waals surface area (Å²) in [5.41, 5.74) is 2.79. The highest BCUT2D eigenvalue weighted by atomic mass is 16.7. The first-order valence-electron chi connectivity index (χ1n) is 6.89. The Kier molecular flexibility index (Phi) is 3.85. The second-order valence-electron chi connectivity index (χ2n) is 5.18. The predicted molar refractivity (Wildman–Crippen MR) is 72.8 cm³/mol. The number of allylic oxidation sites excluding steroid dienone is 1. The van der Waals surface area contributed by atoms with Crippen molar-refractivity contribution >= 4 is 0 Å². The monoisotopic (exact) mass is 260 g/mol. The van der Waals surface area contributed by atoms with Crippen LogP contribution in [0, 0.1) is 5.92 Å². The van der Waals surface area contributed by atoms with E-state index in [2.05, 4.69) is 30.3 Å². The van der Waals surface area contributed by atoms with E-state index in [4.69, 9.17) is 14.2 Å². The van der Waals surface area contributed by atoms with Crippen LogP contribution < -0.4 is 0 Å². The van der Waals surface area contributed by atoms with Gasteiger partial charge in [-0.2, -0.15) is 0 Å². The Balaban J connectivity index is 1.86. The average molecular weight is 260 g/mol. The molecule has 0 saturated carbocycles. The van der Waals surface area contributed by atoms with Crippen LogP contribution in [-0.2, 0) is 20.6 Å². The molecule has 1 heterocycles. The third-order valence-corrected chi connectivity index (χ3v) is 3.96. The van der Waals surface area contributed by atoms with Crippen molar-refractivity contribution in [2.75, 3.05) is 20.3 Å². The van der Waals surface area contributed by atoms with Gasteiger partial charge in [-0.25, -0.2) is 0 Å². The van der Waals surface area contributed by atoms with E-state index >= 15 is 0 Å². The first-order chi connectivity index (χ1) is 9.38. The van der Waals surface area contributed by atoms with E-state index in [0.717, 1.165) is 12.8 Å². The van der Waals surface area contributed by atoms with Gasteiger partial charge in [0.25, 0.3) is 0 Å². The molecular weight excluding hydrogens is 240 g/mol. The van der Waals surface area contributed by atoms with E-state index in [1.54, 1.807) is 13.4 Å². The second-order valence-corrected chi connectivity index (χ2v) is 5.18. The molecule has 1 aliphatic heterocycles. The summed E-state index contributed by atoms with van der Waals surface area (Å²) in [5, 5.41) is 0. The Morgan fingerprint density at radius 3 is 2.79 bits per heavy atom. The predicted octanol–water partition coefficient (Wildman–Crippen LogP) is 2.87. The van der Waals surface area contributed by atoms with Gasteiger partial charge < -0.3 is 14.2 Å². The molecule has 102 valence electrons. The van der Waals surface area contributed by atoms with Gasteiger partial charge in [0, 0.05) is 5.92 Å². The molecule has 1 aliphatic carbocycles. The van der Waals surface area contributed by atoms with Gasteiger partial charge in [-0.15, -0.1) is 0 Å². The number of rotatable bonds is 3. The van der Waals surface area contributed by atoms with Crippen LogP contribution >= 0.6 is 0 Å². The Morgan fingerprint density at radius 2 is 2.00 bits per heavy atom. The molecule has 1 aromatic carbocycles. The molecule has 2 atom stereocenters. The van der Waals surface area contributed by atoms with Crippen LogP contribution in [0.4, 0.5) is 0 Å². The lowest BCUT2D eigenvalue weighted by molar-refractivity contribution is -0.0663. The van der Waals surface area contributed by atoms with Crippen molar-refractivity contribution in [3.63, 3.8) is 0 Å². The molecule has 0 N–H and O–H groups in total. The molecule has 1 fully saturated rings. The second kappa shape index (κ2) is 5.76. The molecule has 2 unspecified atom stereocenters. The molecule has 2 aliphatic rings. The van der Waals surface area contributed by atoms with Gasteiger partial charge in [0.05, 0.1) is 26.6 Å². The van der Waals surface area contributed by atoms with Crippen LogP contribution in [0.2, 0.25) is 0 Å². The zero-order valence-electron chi connectivity index (χ0n) is 11.2. The lowest BCUT2D eigenvalue weighted by Crippen LogP contribution is -2.27. The van der Waals surface area contributed by atoms with Crippen molar-refractivity contribution in [2.45, 2.75) is 25.0 Å². The normalized spacial score (nSPS) is 27.6. The van der Waals surface area contributed by atoms with Crippen molar-refractivity contribution in [3.8, 4) is 0 Å². The summed E-state index contributed by atoms with van der Waals surface area (Å²) < 4.78 is 16.5. The van der Waals surface area contributed by atoms with Crippen molar-refractivity contribution < 1.29 is 14.2 Å². The van der Waals surface area contributed by atoms with Crippen LogP contribution in [0.25, 0.3) is 0 Å². The molecule has 0 aromatic heterocycles. The van der Waals surface area contributed by atoms with Gasteiger partial charge >= 0.3 is 0 Å². The molecule has 19 heavy (non-hydrogen) atoms. The third-order valence-electron chi connectivity index (χ3n) is 3.96. The number of benzene rings is 1. The highest BCUT2D eigenvalue weighted by molar-refractivity contribution is 5.34. The first kappa shape index (κ1) is 12.7. The van der Waals surface area contributed by atoms with Crippen LogP contribution in [0.1, 0.15) is 23.5 Å². The summed E-state index contributed by atoms with van der Waals surface area (Å²) in [6.07, 6.45) is 5.98. The van der Waals surface area contributed by atoms with E-state index in [0.29, 0.717) is 25.0 Å². The van der Waals surface area contributed by atoms with Gasteiger partial charge in [0.2, 0.25) is 0 Å². The average Bonchev–Trinajstić information content (AvgIpc) is 2.98. The van der Waals surface area contributed by atoms with Crippen LogP contribution in [0.3, 0.4) is 0 Å². The Hall–Kier alpha value is -1.32. The quantitative estimate of drug-likeness (QED) is 0.782. The molecule has 3 nitrogen and oxygen atoms in total. The molecule has 3 rings (SSSR count). The van der Waals surface area contributed by atoms with Gasteiger partial charge in [0.15, 0.2) is 6.29 Å². The fourth-order valence-corrected chi connectivity index (χ4v) is 3.10. The van der Waals surface area contributed by atoms with Crippen molar-refractivity contribution in [2.24, 2.45) is 5.92 Å². The van der Waals surface area contributed by atoms with E-state index in [1.165, 1.54) is 11.1 Å². The zero-order valence-corrected chi connectivity index (χ0v) is 11.2. The standard InChI is InChI=1S/C16H20O3/c1-17-7-6-12-10-13-4-2-3-5-14(13)15(11-12)16-18-8-9-19-16/h2-7,12,15-16H,8-11H2,1H3/b7-6+. The third kappa shape index (κ3) is 2.67. The topological polar surface area (TPSA) is 27.7 Å². The zero-order chi connectivity index (χ0) is 13.1. The maximum atomic E-state index is 5.72. The Morgan fingerprint density at radius 1 is 1.21 bits per heavy atom. The Bertz CT molecular complexity index is 449. The van der Waals surface area contributed by atoms with Gasteiger partial charge in [-0.3, -0.25) is 0 Å². The Labute approximate surface area is 114 Å². The minimum atomic E-state index is -0.0834. The highest BCUT2D eigenvalue weighted by Gasteiger charge is 2.34. The SMILES string of the molecule is CO/C=C/C1Cc2ccccc2C(C2OCCO2)C1. The summed E-state index contributed by atoms with van der Waals surface area (Å²) in [4.78, 5) is 0. The summed E-state index contributed by atoms with van der Waals surface area (Å²) in [7, 11) is 1.69. The molecule has 0 bridgehead atoms. The highest BCUT2D eigenvalue weighted by Crippen LogP contribution is 2.39. The maximum Gasteiger partial charge on any atom is 0.164 e. The van der Waals surface area contributed by atoms with E-state index in [1.807, 2.05) is 0 Å². The van der Waals surface area contributed by atoms with E-state index in [9.17, 15) is 0 Å². The van der Waals surface area contributed by atoms with Crippen molar-refractivity contribution in [1.29, 1.82) is 0 Å². The van der Waals surface area contributed by atoms with Gasteiger partial charge in [0.1, 0.15) is 0 Å². The minimum absolute atomic E-state index is 0.0834. The van der Waals surface area contributed by atoms with Gasteiger partial charge in [-0.1, -0.05) is 24.3 Å². The smallest absolute Gasteiger partial charge is 0.164 e. The van der Waals surface area contributed by atoms with E-state index in [-0.39, 0.29) is 6.29 Å². The van der Waals surface area contributed by atoms with Crippen LogP contribution in [0.5, 0.6) is 0 Å². The van der Waals surface area contributed by atoms with E-state index < -0.39 is 0 Å². The number of fused-ring (bicyclic) bond motifs is 1. The summed E-state index contributed by atoms with van der Waals surface area (Å²) in [6, 6.07) is 8.63. The molecule has 1 saturated heterocycles. The number of hydrogen-bond donors (Lipinski definition) is 0. The summed E-state index contributed by atoms with van der Waals surface area (Å²) in [6.45, 7) is 1.42. The van der Waals surface area contributed by atoms with Gasteiger partial charge in [-0.05, 0) is 36.0 Å². The number of methoxy groups -OCH3 is 1. The van der Waals surface area contributed by atoms with Crippen LogP contribution in [0.15, 0.2) is 36.6 Å². The lowest BCUT2D eigenvalue weighted by atomic mass is 9.76. The van der Waals surface area contributed by atoms with Crippen LogP contribution in [-0.4, -0.2) is 26.6 Å². The first-order valence-corrected chi connectivity index (χ1v) is 6.89. The molecule has 3 heteroatoms. The fraction of sp³-hybridized carbons (Fsp3) is 0.500. The largest absolute Gasteiger partial charge is 0.505 e. The molecule has 0 spiro atoms. The summed E-state index contributed by atoms with van der Waals surface area (Å²) in [5.74, 6) is 0.826. The lowest BCUT2D eigenvalue weighted by Gasteiger charge is -2.32. The van der Waals surface area contributed by atoms with Crippen molar-refractivity contribution in [1.82, 2.24) is 0 Å².